The number of hydrogen-bond donors (Lipinski definition) is 0. The van der Waals surface area contributed by atoms with Gasteiger partial charge in [0.15, 0.2) is 5.82 Å². The zero-order valence-electron chi connectivity index (χ0n) is 16.6. The summed E-state index contributed by atoms with van der Waals surface area (Å²) in [5, 5.41) is 2.44. The third-order valence-corrected chi connectivity index (χ3v) is 6.16. The quantitative estimate of drug-likeness (QED) is 0.639. The lowest BCUT2D eigenvalue weighted by atomic mass is 9.68. The van der Waals surface area contributed by atoms with E-state index in [1.807, 2.05) is 6.07 Å². The first-order valence-corrected chi connectivity index (χ1v) is 9.90. The third kappa shape index (κ3) is 3.71. The van der Waals surface area contributed by atoms with Gasteiger partial charge in [-0.25, -0.2) is 9.97 Å². The van der Waals surface area contributed by atoms with E-state index in [0.717, 1.165) is 21.9 Å². The van der Waals surface area contributed by atoms with Crippen molar-refractivity contribution in [3.05, 3.63) is 60.4 Å². The van der Waals surface area contributed by atoms with Gasteiger partial charge in [-0.05, 0) is 47.7 Å². The van der Waals surface area contributed by atoms with Gasteiger partial charge in [-0.2, -0.15) is 0 Å². The molecule has 1 unspecified atom stereocenters. The first kappa shape index (κ1) is 18.7. The second-order valence-electron chi connectivity index (χ2n) is 8.50. The van der Waals surface area contributed by atoms with Gasteiger partial charge in [-0.15, -0.1) is 0 Å². The van der Waals surface area contributed by atoms with Crippen LogP contribution in [0.3, 0.4) is 0 Å². The van der Waals surface area contributed by atoms with E-state index < -0.39 is 0 Å². The minimum absolute atomic E-state index is 0.111. The van der Waals surface area contributed by atoms with Crippen molar-refractivity contribution in [2.24, 2.45) is 5.41 Å². The Kier molecular flexibility index (Phi) is 5.00. The van der Waals surface area contributed by atoms with Crippen LogP contribution in [-0.2, 0) is 4.43 Å². The molecule has 1 atom stereocenters. The number of nitrogens with zero attached hydrogens (tertiary/aromatic N) is 2. The van der Waals surface area contributed by atoms with E-state index in [0.29, 0.717) is 5.92 Å². The second kappa shape index (κ2) is 6.93. The fourth-order valence-electron chi connectivity index (χ4n) is 4.09. The Balaban J connectivity index is 2.06. The predicted molar refractivity (Wildman–Crippen MR) is 112 cm³/mol. The Bertz CT molecular complexity index is 901. The van der Waals surface area contributed by atoms with Gasteiger partial charge in [0, 0.05) is 23.9 Å². The zero-order valence-corrected chi connectivity index (χ0v) is 18.6. The Morgan fingerprint density at radius 2 is 1.50 bits per heavy atom. The molecule has 3 aromatic rings. The van der Waals surface area contributed by atoms with E-state index >= 15 is 0 Å². The van der Waals surface area contributed by atoms with Gasteiger partial charge in [0.1, 0.15) is 10.5 Å². The highest BCUT2D eigenvalue weighted by atomic mass is 28.2. The summed E-state index contributed by atoms with van der Waals surface area (Å²) in [4.78, 5) is 8.71. The van der Waals surface area contributed by atoms with Crippen molar-refractivity contribution in [3.63, 3.8) is 0 Å². The van der Waals surface area contributed by atoms with Crippen LogP contribution in [0, 0.1) is 5.41 Å². The predicted octanol–water partition coefficient (Wildman–Crippen LogP) is 4.50. The van der Waals surface area contributed by atoms with Gasteiger partial charge < -0.3 is 4.43 Å². The molecule has 0 bridgehead atoms. The lowest BCUT2D eigenvalue weighted by Gasteiger charge is -2.43. The summed E-state index contributed by atoms with van der Waals surface area (Å²) in [5.74, 6) is 1.07. The molecule has 2 aromatic carbocycles. The van der Waals surface area contributed by atoms with Crippen LogP contribution in [0.2, 0.25) is 0 Å². The average Bonchev–Trinajstić information content (AvgIpc) is 2.60. The first-order chi connectivity index (χ1) is 12.2. The van der Waals surface area contributed by atoms with E-state index in [4.69, 9.17) is 4.43 Å². The van der Waals surface area contributed by atoms with Crippen molar-refractivity contribution >= 4 is 21.3 Å². The maximum absolute atomic E-state index is 5.99. The highest BCUT2D eigenvalue weighted by Crippen LogP contribution is 2.45. The molecule has 0 saturated carbocycles. The normalized spacial score (nSPS) is 13.9. The summed E-state index contributed by atoms with van der Waals surface area (Å²) >= 11 is 0. The van der Waals surface area contributed by atoms with Crippen LogP contribution in [0.5, 0.6) is 0 Å². The largest absolute Gasteiger partial charge is 0.422 e. The minimum Gasteiger partial charge on any atom is -0.422 e. The third-order valence-electron chi connectivity index (χ3n) is 5.11. The van der Waals surface area contributed by atoms with Crippen LogP contribution >= 0.6 is 0 Å². The molecule has 1 aromatic heterocycles. The molecule has 0 saturated heterocycles. The fourth-order valence-corrected chi connectivity index (χ4v) is 4.33. The molecule has 0 aliphatic rings. The Labute approximate surface area is 159 Å². The van der Waals surface area contributed by atoms with E-state index in [9.17, 15) is 0 Å². The molecule has 0 aliphatic carbocycles. The van der Waals surface area contributed by atoms with Crippen LogP contribution in [0.1, 0.15) is 46.1 Å². The summed E-state index contributed by atoms with van der Waals surface area (Å²) in [6, 6.07) is 15.0. The summed E-state index contributed by atoms with van der Waals surface area (Å²) in [6.07, 6.45) is 3.55. The average molecular weight is 365 g/mol. The Morgan fingerprint density at radius 1 is 0.885 bits per heavy atom. The van der Waals surface area contributed by atoms with Gasteiger partial charge in [0.05, 0.1) is 5.60 Å². The molecule has 26 heavy (non-hydrogen) atoms. The van der Waals surface area contributed by atoms with Crippen molar-refractivity contribution < 1.29 is 4.43 Å². The van der Waals surface area contributed by atoms with Crippen LogP contribution in [-0.4, -0.2) is 26.1 Å². The Hall–Kier alpha value is -2.04. The number of hydrogen-bond acceptors (Lipinski definition) is 3. The number of aromatic nitrogens is 2. The lowest BCUT2D eigenvalue weighted by molar-refractivity contribution is 0.0405. The van der Waals surface area contributed by atoms with Gasteiger partial charge in [-0.1, -0.05) is 51.1 Å². The molecule has 136 valence electrons. The van der Waals surface area contributed by atoms with E-state index in [2.05, 4.69) is 81.0 Å². The van der Waals surface area contributed by atoms with Crippen molar-refractivity contribution in [2.45, 2.75) is 46.1 Å². The number of fused-ring (bicyclic) bond motifs is 1. The molecule has 4 heteroatoms. The van der Waals surface area contributed by atoms with Crippen LogP contribution in [0.15, 0.2) is 54.9 Å². The summed E-state index contributed by atoms with van der Waals surface area (Å²) < 4.78 is 5.99. The van der Waals surface area contributed by atoms with Crippen molar-refractivity contribution in [2.75, 3.05) is 0 Å². The molecular formula is C22H28N2OSi. The SMILES string of the molecule is CC(C)(C)C(c1ccc2cc(-c3ncccn3)ccc2c1)C(C)(C)O[SiH3]. The van der Waals surface area contributed by atoms with Crippen LogP contribution in [0.25, 0.3) is 22.2 Å². The highest BCUT2D eigenvalue weighted by molar-refractivity contribution is 5.98. The molecule has 1 heterocycles. The topological polar surface area (TPSA) is 35.0 Å². The van der Waals surface area contributed by atoms with E-state index in [1.54, 1.807) is 12.4 Å². The molecule has 0 N–H and O–H groups in total. The molecule has 0 radical (unpaired) electrons. The smallest absolute Gasteiger partial charge is 0.159 e. The van der Waals surface area contributed by atoms with Crippen molar-refractivity contribution in [3.8, 4) is 11.4 Å². The fraction of sp³-hybridized carbons (Fsp3) is 0.364. The highest BCUT2D eigenvalue weighted by Gasteiger charge is 2.39. The van der Waals surface area contributed by atoms with Gasteiger partial charge in [0.25, 0.3) is 0 Å². The molecule has 0 fully saturated rings. The van der Waals surface area contributed by atoms with E-state index in [-0.39, 0.29) is 11.0 Å². The maximum Gasteiger partial charge on any atom is 0.159 e. The molecule has 3 rings (SSSR count). The van der Waals surface area contributed by atoms with Crippen molar-refractivity contribution in [1.29, 1.82) is 0 Å². The summed E-state index contributed by atoms with van der Waals surface area (Å²) in [5.41, 5.74) is 2.30. The number of rotatable bonds is 4. The summed E-state index contributed by atoms with van der Waals surface area (Å²) in [7, 11) is 0.735. The monoisotopic (exact) mass is 364 g/mol. The maximum atomic E-state index is 5.99. The summed E-state index contributed by atoms with van der Waals surface area (Å²) in [6.45, 7) is 11.3. The molecule has 3 nitrogen and oxygen atoms in total. The van der Waals surface area contributed by atoms with Gasteiger partial charge in [0.2, 0.25) is 0 Å². The lowest BCUT2D eigenvalue weighted by Crippen LogP contribution is -2.39. The van der Waals surface area contributed by atoms with Crippen molar-refractivity contribution in [1.82, 2.24) is 9.97 Å². The van der Waals surface area contributed by atoms with Crippen LogP contribution in [0.4, 0.5) is 0 Å². The van der Waals surface area contributed by atoms with Gasteiger partial charge in [-0.3, -0.25) is 0 Å². The standard InChI is InChI=1S/C22H28N2OSi/c1-21(2,3)19(22(4,5)25-26)17-9-7-16-14-18(10-8-15(16)13-17)20-23-11-6-12-24-20/h6-14,19H,1-5,26H3. The number of benzene rings is 2. The van der Waals surface area contributed by atoms with Crippen LogP contribution < -0.4 is 0 Å². The first-order valence-electron chi connectivity index (χ1n) is 9.08. The minimum atomic E-state index is -0.185. The molecular weight excluding hydrogens is 336 g/mol. The zero-order chi connectivity index (χ0) is 18.9. The van der Waals surface area contributed by atoms with E-state index in [1.165, 1.54) is 16.3 Å². The van der Waals surface area contributed by atoms with Gasteiger partial charge >= 0.3 is 0 Å². The Morgan fingerprint density at radius 3 is 2.12 bits per heavy atom. The molecule has 0 spiro atoms. The molecule has 0 amide bonds. The second-order valence-corrected chi connectivity index (χ2v) is 8.91. The molecule has 0 aliphatic heterocycles.